The van der Waals surface area contributed by atoms with E-state index in [1.807, 2.05) is 18.2 Å². The number of para-hydroxylation sites is 1. The van der Waals surface area contributed by atoms with Crippen molar-refractivity contribution in [2.24, 2.45) is 0 Å². The molecule has 136 valence electrons. The summed E-state index contributed by atoms with van der Waals surface area (Å²) in [4.78, 5) is 25.9. The number of hydrogen-bond acceptors (Lipinski definition) is 4. The van der Waals surface area contributed by atoms with Crippen molar-refractivity contribution in [1.82, 2.24) is 0 Å². The van der Waals surface area contributed by atoms with E-state index in [0.29, 0.717) is 40.5 Å². The van der Waals surface area contributed by atoms with Gasteiger partial charge in [0.2, 0.25) is 5.43 Å². The summed E-state index contributed by atoms with van der Waals surface area (Å²) in [5.41, 5.74) is 6.83. The van der Waals surface area contributed by atoms with Crippen molar-refractivity contribution in [3.63, 3.8) is 0 Å². The van der Waals surface area contributed by atoms with Gasteiger partial charge in [-0.15, -0.1) is 0 Å². The lowest BCUT2D eigenvalue weighted by Gasteiger charge is -2.24. The summed E-state index contributed by atoms with van der Waals surface area (Å²) in [6.07, 6.45) is 1.25. The zero-order valence-corrected chi connectivity index (χ0v) is 15.1. The average molecular weight is 368 g/mol. The Labute approximate surface area is 160 Å². The van der Waals surface area contributed by atoms with Gasteiger partial charge in [-0.2, -0.15) is 0 Å². The average Bonchev–Trinajstić information content (AvgIpc) is 2.72. The number of fused-ring (bicyclic) bond motifs is 6. The third kappa shape index (κ3) is 2.15. The van der Waals surface area contributed by atoms with Gasteiger partial charge < -0.3 is 9.15 Å². The number of ether oxygens (including phenoxy) is 1. The quantitative estimate of drug-likeness (QED) is 0.431. The minimum absolute atomic E-state index is 0.0622. The maximum Gasteiger partial charge on any atom is 0.200 e. The summed E-state index contributed by atoms with van der Waals surface area (Å²) in [6, 6.07) is 15.0. The van der Waals surface area contributed by atoms with E-state index >= 15 is 0 Å². The predicted octanol–water partition coefficient (Wildman–Crippen LogP) is 4.42. The Hall–Kier alpha value is -3.24. The second kappa shape index (κ2) is 5.63. The Morgan fingerprint density at radius 3 is 2.57 bits per heavy atom. The molecule has 3 aromatic carbocycles. The molecule has 6 rings (SSSR count). The molecule has 2 heterocycles. The Morgan fingerprint density at radius 2 is 1.64 bits per heavy atom. The molecule has 4 heteroatoms. The summed E-state index contributed by atoms with van der Waals surface area (Å²) >= 11 is 0. The first-order chi connectivity index (χ1) is 13.7. The van der Waals surface area contributed by atoms with Crippen LogP contribution in [0.5, 0.6) is 0 Å². The highest BCUT2D eigenvalue weighted by Gasteiger charge is 2.26. The lowest BCUT2D eigenvalue weighted by molar-refractivity contribution is 0.0991. The summed E-state index contributed by atoms with van der Waals surface area (Å²) < 4.78 is 11.5. The molecule has 1 aromatic heterocycles. The highest BCUT2D eigenvalue weighted by molar-refractivity contribution is 6.10. The van der Waals surface area contributed by atoms with E-state index in [4.69, 9.17) is 9.15 Å². The van der Waals surface area contributed by atoms with E-state index in [2.05, 4.69) is 12.1 Å². The third-order valence-corrected chi connectivity index (χ3v) is 5.86. The van der Waals surface area contributed by atoms with Gasteiger partial charge in [0.05, 0.1) is 24.0 Å². The van der Waals surface area contributed by atoms with Crippen LogP contribution in [-0.2, 0) is 24.2 Å². The number of Topliss-reactive ketones (excluding diaryl/α,β-unsaturated/α-hetero) is 1. The molecule has 0 bridgehead atoms. The number of hydrogen-bond donors (Lipinski definition) is 0. The van der Waals surface area contributed by atoms with Crippen LogP contribution in [0.3, 0.4) is 0 Å². The summed E-state index contributed by atoms with van der Waals surface area (Å²) in [6.45, 7) is 1.31. The number of carbonyl (C=O) groups is 1. The van der Waals surface area contributed by atoms with Gasteiger partial charge in [0.1, 0.15) is 11.2 Å². The molecule has 4 nitrogen and oxygen atoms in total. The number of rotatable bonds is 0. The van der Waals surface area contributed by atoms with E-state index in [-0.39, 0.29) is 11.2 Å². The zero-order valence-electron chi connectivity index (χ0n) is 15.1. The highest BCUT2D eigenvalue weighted by Crippen LogP contribution is 2.38. The molecule has 0 N–H and O–H groups in total. The predicted molar refractivity (Wildman–Crippen MR) is 107 cm³/mol. The second-order valence-corrected chi connectivity index (χ2v) is 7.50. The maximum absolute atomic E-state index is 13.0. The summed E-state index contributed by atoms with van der Waals surface area (Å²) in [7, 11) is 0. The van der Waals surface area contributed by atoms with Crippen LogP contribution in [0, 0.1) is 0 Å². The molecule has 1 aliphatic carbocycles. The number of ketones is 1. The molecule has 0 amide bonds. The lowest BCUT2D eigenvalue weighted by Crippen LogP contribution is -2.17. The normalized spacial score (nSPS) is 15.4. The van der Waals surface area contributed by atoms with Crippen molar-refractivity contribution >= 4 is 27.7 Å². The smallest absolute Gasteiger partial charge is 0.200 e. The number of carbonyl (C=O) groups excluding carboxylic acids is 1. The van der Waals surface area contributed by atoms with Crippen molar-refractivity contribution in [3.05, 3.63) is 81.0 Å². The fourth-order valence-electron chi connectivity index (χ4n) is 4.44. The third-order valence-electron chi connectivity index (χ3n) is 5.86. The molecule has 0 fully saturated rings. The second-order valence-electron chi connectivity index (χ2n) is 7.50. The van der Waals surface area contributed by atoms with Crippen molar-refractivity contribution in [2.45, 2.75) is 19.4 Å². The van der Waals surface area contributed by atoms with E-state index in [9.17, 15) is 9.59 Å². The molecular weight excluding hydrogens is 352 g/mol. The zero-order chi connectivity index (χ0) is 18.8. The Morgan fingerprint density at radius 1 is 0.750 bits per heavy atom. The van der Waals surface area contributed by atoms with Gasteiger partial charge in [-0.3, -0.25) is 9.59 Å². The first-order valence-corrected chi connectivity index (χ1v) is 9.44. The summed E-state index contributed by atoms with van der Waals surface area (Å²) in [5.74, 6) is 0.0622. The Balaban J connectivity index is 1.68. The van der Waals surface area contributed by atoms with E-state index in [0.717, 1.165) is 35.3 Å². The molecule has 4 aromatic rings. The first-order valence-electron chi connectivity index (χ1n) is 9.44. The van der Waals surface area contributed by atoms with Crippen molar-refractivity contribution < 1.29 is 13.9 Å². The van der Waals surface area contributed by atoms with Gasteiger partial charge in [0.15, 0.2) is 5.78 Å². The molecule has 0 spiro atoms. The van der Waals surface area contributed by atoms with Gasteiger partial charge in [0.25, 0.3) is 0 Å². The van der Waals surface area contributed by atoms with Crippen LogP contribution in [0.4, 0.5) is 0 Å². The van der Waals surface area contributed by atoms with Crippen molar-refractivity contribution in [3.8, 4) is 11.1 Å². The van der Waals surface area contributed by atoms with Crippen LogP contribution in [-0.4, -0.2) is 12.4 Å². The number of benzene rings is 3. The molecular formula is C24H16O4. The highest BCUT2D eigenvalue weighted by atomic mass is 16.5. The largest absolute Gasteiger partial charge is 0.456 e. The van der Waals surface area contributed by atoms with Crippen LogP contribution in [0.1, 0.15) is 27.0 Å². The fourth-order valence-corrected chi connectivity index (χ4v) is 4.44. The van der Waals surface area contributed by atoms with Crippen LogP contribution in [0.25, 0.3) is 33.1 Å². The van der Waals surface area contributed by atoms with Crippen LogP contribution >= 0.6 is 0 Å². The molecule has 0 saturated carbocycles. The maximum atomic E-state index is 13.0. The van der Waals surface area contributed by atoms with Crippen LogP contribution < -0.4 is 5.43 Å². The topological polar surface area (TPSA) is 56.5 Å². The van der Waals surface area contributed by atoms with Gasteiger partial charge >= 0.3 is 0 Å². The lowest BCUT2D eigenvalue weighted by atomic mass is 9.81. The minimum Gasteiger partial charge on any atom is -0.456 e. The van der Waals surface area contributed by atoms with E-state index < -0.39 is 0 Å². The molecule has 0 atom stereocenters. The first kappa shape index (κ1) is 15.8. The molecule has 0 saturated heterocycles. The summed E-state index contributed by atoms with van der Waals surface area (Å²) in [5, 5.41) is 1.06. The van der Waals surface area contributed by atoms with Crippen molar-refractivity contribution in [1.29, 1.82) is 0 Å². The van der Waals surface area contributed by atoms with Crippen LogP contribution in [0.15, 0.2) is 57.7 Å². The van der Waals surface area contributed by atoms with E-state index in [1.165, 1.54) is 5.56 Å². The molecule has 1 aliphatic heterocycles. The molecule has 2 aliphatic rings. The Kier molecular flexibility index (Phi) is 3.17. The molecule has 0 radical (unpaired) electrons. The SMILES string of the molecule is O=C1Cc2cc3c(cc2-c2cc4c(=O)c5ccccc5oc4cc21)COCC3. The Bertz CT molecular complexity index is 1380. The van der Waals surface area contributed by atoms with Crippen molar-refractivity contribution in [2.75, 3.05) is 6.61 Å². The van der Waals surface area contributed by atoms with Gasteiger partial charge in [-0.05, 0) is 64.6 Å². The monoisotopic (exact) mass is 368 g/mol. The van der Waals surface area contributed by atoms with Gasteiger partial charge in [0, 0.05) is 12.0 Å². The fraction of sp³-hybridized carbons (Fsp3) is 0.167. The standard InChI is InChI=1S/C24H16O4/c25-21-9-14-7-13-5-6-27-12-15(13)8-17(14)18-10-20-23(11-19(18)21)28-22-4-2-1-3-16(22)24(20)26/h1-4,7-8,10-11H,5-6,9,12H2. The van der Waals surface area contributed by atoms with E-state index in [1.54, 1.807) is 18.2 Å². The molecule has 28 heavy (non-hydrogen) atoms. The van der Waals surface area contributed by atoms with Crippen LogP contribution in [0.2, 0.25) is 0 Å². The minimum atomic E-state index is -0.0690. The van der Waals surface area contributed by atoms with Gasteiger partial charge in [-0.25, -0.2) is 0 Å². The molecule has 0 unspecified atom stereocenters. The van der Waals surface area contributed by atoms with Gasteiger partial charge in [-0.1, -0.05) is 18.2 Å².